The van der Waals surface area contributed by atoms with Crippen LogP contribution in [-0.2, 0) is 24.3 Å². The van der Waals surface area contributed by atoms with E-state index in [1.165, 1.54) is 6.92 Å². The number of aliphatic hydroxyl groups is 1. The van der Waals surface area contributed by atoms with E-state index in [-0.39, 0.29) is 6.61 Å². The molecule has 0 radical (unpaired) electrons. The minimum absolute atomic E-state index is 0.0429. The fourth-order valence-corrected chi connectivity index (χ4v) is 1.73. The van der Waals surface area contributed by atoms with E-state index in [1.54, 1.807) is 0 Å². The molecule has 0 aromatic carbocycles. The molecule has 1 atom stereocenters. The molecule has 0 aliphatic heterocycles. The molecule has 3 N–H and O–H groups in total. The van der Waals surface area contributed by atoms with Crippen molar-refractivity contribution in [3.8, 4) is 0 Å². The van der Waals surface area contributed by atoms with Gasteiger partial charge < -0.3 is 14.9 Å². The number of carboxylic acid groups (broad SMARTS) is 1. The second-order valence-electron chi connectivity index (χ2n) is 3.46. The number of carbonyl (C=O) groups is 2. The lowest BCUT2D eigenvalue weighted by Crippen LogP contribution is -2.47. The number of hydrogen-bond donors (Lipinski definition) is 3. The molecule has 0 bridgehead atoms. The van der Waals surface area contributed by atoms with Gasteiger partial charge >= 0.3 is 11.9 Å². The highest BCUT2D eigenvalue weighted by molar-refractivity contribution is 7.90. The summed E-state index contributed by atoms with van der Waals surface area (Å²) in [4.78, 5) is 21.4. The highest BCUT2D eigenvalue weighted by atomic mass is 32.2. The van der Waals surface area contributed by atoms with Crippen LogP contribution < -0.4 is 4.72 Å². The van der Waals surface area contributed by atoms with Crippen LogP contribution in [0, 0.1) is 0 Å². The Morgan fingerprint density at radius 2 is 1.94 bits per heavy atom. The first-order chi connectivity index (χ1) is 7.60. The second kappa shape index (κ2) is 5.94. The number of rotatable bonds is 7. The van der Waals surface area contributed by atoms with Gasteiger partial charge in [0.1, 0.15) is 0 Å². The highest BCUT2D eigenvalue weighted by Gasteiger charge is 2.32. The van der Waals surface area contributed by atoms with Gasteiger partial charge in [-0.25, -0.2) is 17.9 Å². The van der Waals surface area contributed by atoms with Crippen molar-refractivity contribution in [3.05, 3.63) is 0 Å². The maximum atomic E-state index is 11.3. The third-order valence-electron chi connectivity index (χ3n) is 1.71. The lowest BCUT2D eigenvalue weighted by molar-refractivity contribution is -0.155. The van der Waals surface area contributed by atoms with Crippen molar-refractivity contribution in [1.29, 1.82) is 0 Å². The number of hydrogen-bond acceptors (Lipinski definition) is 6. The first-order valence-corrected chi connectivity index (χ1v) is 6.34. The molecule has 1 unspecified atom stereocenters. The molecular formula is C8H15NO7S. The van der Waals surface area contributed by atoms with Crippen molar-refractivity contribution in [2.75, 3.05) is 18.9 Å². The summed E-state index contributed by atoms with van der Waals surface area (Å²) in [7, 11) is -4.02. The number of ether oxygens (including phenoxy) is 1. The summed E-state index contributed by atoms with van der Waals surface area (Å²) in [6.07, 6.45) is 0. The monoisotopic (exact) mass is 269 g/mol. The van der Waals surface area contributed by atoms with E-state index in [4.69, 9.17) is 5.11 Å². The number of carbonyl (C=O) groups excluding carboxylic acids is 1. The predicted molar refractivity (Wildman–Crippen MR) is 56.7 cm³/mol. The number of carboxylic acids is 1. The van der Waals surface area contributed by atoms with Crippen LogP contribution in [0.15, 0.2) is 0 Å². The van der Waals surface area contributed by atoms with Crippen molar-refractivity contribution in [1.82, 2.24) is 4.72 Å². The van der Waals surface area contributed by atoms with Crippen molar-refractivity contribution in [2.45, 2.75) is 19.4 Å². The standard InChI is InChI=1S/C8H15NO7S/c1-3-16-6(10)4-17(14,15)9-5-8(2,13)7(11)12/h9,13H,3-5H2,1-2H3,(H,11,12). The van der Waals surface area contributed by atoms with Crippen molar-refractivity contribution >= 4 is 22.0 Å². The lowest BCUT2D eigenvalue weighted by atomic mass is 10.1. The summed E-state index contributed by atoms with van der Waals surface area (Å²) in [5.41, 5.74) is -2.23. The molecule has 0 aromatic rings. The maximum absolute atomic E-state index is 11.3. The van der Waals surface area contributed by atoms with Gasteiger partial charge in [-0.2, -0.15) is 0 Å². The molecule has 0 rings (SSSR count). The molecule has 0 amide bonds. The van der Waals surface area contributed by atoms with Crippen LogP contribution in [0.3, 0.4) is 0 Å². The topological polar surface area (TPSA) is 130 Å². The van der Waals surface area contributed by atoms with Crippen LogP contribution in [0.25, 0.3) is 0 Å². The van der Waals surface area contributed by atoms with Crippen LogP contribution in [0.5, 0.6) is 0 Å². The van der Waals surface area contributed by atoms with Gasteiger partial charge in [-0.15, -0.1) is 0 Å². The van der Waals surface area contributed by atoms with Gasteiger partial charge in [0.05, 0.1) is 6.61 Å². The van der Waals surface area contributed by atoms with Gasteiger partial charge in [0.15, 0.2) is 11.4 Å². The Morgan fingerprint density at radius 3 is 2.35 bits per heavy atom. The highest BCUT2D eigenvalue weighted by Crippen LogP contribution is 2.02. The normalized spacial score (nSPS) is 15.0. The zero-order valence-corrected chi connectivity index (χ0v) is 10.3. The molecule has 9 heteroatoms. The van der Waals surface area contributed by atoms with Gasteiger partial charge in [0, 0.05) is 6.54 Å². The summed E-state index contributed by atoms with van der Waals surface area (Å²) in [6, 6.07) is 0. The molecule has 0 aliphatic rings. The van der Waals surface area contributed by atoms with Gasteiger partial charge in [-0.05, 0) is 13.8 Å². The second-order valence-corrected chi connectivity index (χ2v) is 5.27. The zero-order chi connectivity index (χ0) is 13.7. The van der Waals surface area contributed by atoms with Crippen LogP contribution in [-0.4, -0.2) is 55.1 Å². The zero-order valence-electron chi connectivity index (χ0n) is 9.47. The molecule has 0 saturated carbocycles. The number of aliphatic carboxylic acids is 1. The van der Waals surface area contributed by atoms with Crippen LogP contribution >= 0.6 is 0 Å². The van der Waals surface area contributed by atoms with E-state index in [9.17, 15) is 23.1 Å². The Kier molecular flexibility index (Phi) is 5.52. The summed E-state index contributed by atoms with van der Waals surface area (Å²) in [5.74, 6) is -3.44. The molecule has 100 valence electrons. The smallest absolute Gasteiger partial charge is 0.336 e. The molecular weight excluding hydrogens is 254 g/mol. The average molecular weight is 269 g/mol. The lowest BCUT2D eigenvalue weighted by Gasteiger charge is -2.17. The fraction of sp³-hybridized carbons (Fsp3) is 0.750. The third kappa shape index (κ3) is 6.19. The predicted octanol–water partition coefficient (Wildman–Crippen LogP) is -1.70. The Hall–Kier alpha value is -1.19. The Morgan fingerprint density at radius 1 is 1.41 bits per heavy atom. The molecule has 0 aromatic heterocycles. The molecule has 0 aliphatic carbocycles. The number of sulfonamides is 1. The van der Waals surface area contributed by atoms with E-state index in [1.807, 2.05) is 4.72 Å². The van der Waals surface area contributed by atoms with Gasteiger partial charge in [0.25, 0.3) is 0 Å². The first kappa shape index (κ1) is 15.8. The number of nitrogens with one attached hydrogen (secondary N) is 1. The van der Waals surface area contributed by atoms with Crippen molar-refractivity contribution < 1.29 is 33.0 Å². The van der Waals surface area contributed by atoms with Crippen molar-refractivity contribution in [3.63, 3.8) is 0 Å². The first-order valence-electron chi connectivity index (χ1n) is 4.69. The van der Waals surface area contributed by atoms with Gasteiger partial charge in [-0.1, -0.05) is 0 Å². The van der Waals surface area contributed by atoms with E-state index in [2.05, 4.69) is 4.74 Å². The summed E-state index contributed by atoms with van der Waals surface area (Å²) in [6.45, 7) is 1.76. The SMILES string of the molecule is CCOC(=O)CS(=O)(=O)NCC(C)(O)C(=O)O. The van der Waals surface area contributed by atoms with Gasteiger partial charge in [-0.3, -0.25) is 4.79 Å². The molecule has 0 fully saturated rings. The van der Waals surface area contributed by atoms with Crippen LogP contribution in [0.2, 0.25) is 0 Å². The molecule has 0 saturated heterocycles. The molecule has 8 nitrogen and oxygen atoms in total. The van der Waals surface area contributed by atoms with E-state index in [0.29, 0.717) is 0 Å². The number of esters is 1. The van der Waals surface area contributed by atoms with Crippen LogP contribution in [0.4, 0.5) is 0 Å². The average Bonchev–Trinajstić information content (AvgIpc) is 2.14. The Bertz CT molecular complexity index is 387. The Labute approximate surface area is 98.6 Å². The van der Waals surface area contributed by atoms with E-state index < -0.39 is 39.9 Å². The minimum atomic E-state index is -4.02. The van der Waals surface area contributed by atoms with E-state index in [0.717, 1.165) is 6.92 Å². The summed E-state index contributed by atoms with van der Waals surface area (Å²) < 4.78 is 28.8. The fourth-order valence-electron chi connectivity index (χ4n) is 0.735. The molecule has 17 heavy (non-hydrogen) atoms. The van der Waals surface area contributed by atoms with Crippen LogP contribution in [0.1, 0.15) is 13.8 Å². The summed E-state index contributed by atoms with van der Waals surface area (Å²) in [5, 5.41) is 17.8. The molecule has 0 spiro atoms. The third-order valence-corrected chi connectivity index (χ3v) is 2.91. The largest absolute Gasteiger partial charge is 0.479 e. The van der Waals surface area contributed by atoms with Gasteiger partial charge in [0.2, 0.25) is 10.0 Å². The van der Waals surface area contributed by atoms with E-state index >= 15 is 0 Å². The Balaban J connectivity index is 4.38. The molecule has 0 heterocycles. The summed E-state index contributed by atoms with van der Waals surface area (Å²) >= 11 is 0. The van der Waals surface area contributed by atoms with Crippen molar-refractivity contribution in [2.24, 2.45) is 0 Å². The quantitative estimate of drug-likeness (QED) is 0.470. The minimum Gasteiger partial charge on any atom is -0.479 e. The maximum Gasteiger partial charge on any atom is 0.336 e.